The van der Waals surface area contributed by atoms with Gasteiger partial charge in [0.2, 0.25) is 12.7 Å². The number of fused-ring (bicyclic) bond motifs is 1. The minimum atomic E-state index is -0.994. The topological polar surface area (TPSA) is 110 Å². The fourth-order valence-corrected chi connectivity index (χ4v) is 8.47. The number of carbonyl (C=O) groups excluding carboxylic acids is 3. The lowest BCUT2D eigenvalue weighted by molar-refractivity contribution is -0.174. The molecule has 0 aromatic carbocycles. The van der Waals surface area contributed by atoms with Gasteiger partial charge in [-0.25, -0.2) is 4.79 Å². The summed E-state index contributed by atoms with van der Waals surface area (Å²) in [5.74, 6) is -1.61. The Morgan fingerprint density at radius 1 is 1.38 bits per heavy atom. The number of hydrogen-bond acceptors (Lipinski definition) is 9. The van der Waals surface area contributed by atoms with E-state index in [-0.39, 0.29) is 21.6 Å². The van der Waals surface area contributed by atoms with Gasteiger partial charge in [-0.05, 0) is 40.5 Å². The van der Waals surface area contributed by atoms with E-state index >= 15 is 0 Å². The third kappa shape index (κ3) is 4.52. The first-order valence-electron chi connectivity index (χ1n) is 9.32. The quantitative estimate of drug-likeness (QED) is 0.358. The normalized spacial score (nSPS) is 30.1. The molecular formula is C18H25NO7S3. The van der Waals surface area contributed by atoms with Gasteiger partial charge in [0.05, 0.1) is 26.3 Å². The Morgan fingerprint density at radius 2 is 2.07 bits per heavy atom. The fourth-order valence-electron chi connectivity index (χ4n) is 3.13. The molecule has 8 nitrogen and oxygen atoms in total. The number of rotatable bonds is 6. The van der Waals surface area contributed by atoms with E-state index in [1.54, 1.807) is 27.7 Å². The van der Waals surface area contributed by atoms with Crippen molar-refractivity contribution in [3.05, 3.63) is 9.93 Å². The third-order valence-electron chi connectivity index (χ3n) is 4.77. The summed E-state index contributed by atoms with van der Waals surface area (Å²) in [6.45, 7) is 6.04. The summed E-state index contributed by atoms with van der Waals surface area (Å²) < 4.78 is 22.7. The lowest BCUT2D eigenvalue weighted by Gasteiger charge is -2.43. The van der Waals surface area contributed by atoms with Crippen LogP contribution in [0.15, 0.2) is 9.93 Å². The molecule has 0 saturated carbocycles. The Bertz CT molecular complexity index is 774. The second-order valence-corrected chi connectivity index (χ2v) is 12.8. The maximum atomic E-state index is 12.7. The fraction of sp³-hybridized carbons (Fsp3) is 0.722. The van der Waals surface area contributed by atoms with E-state index in [4.69, 9.17) is 9.47 Å². The Balaban J connectivity index is 1.74. The van der Waals surface area contributed by atoms with Gasteiger partial charge in [-0.15, -0.1) is 0 Å². The second kappa shape index (κ2) is 8.60. The maximum Gasteiger partial charge on any atom is 0.359 e. The van der Waals surface area contributed by atoms with Gasteiger partial charge in [0.15, 0.2) is 5.70 Å². The molecule has 0 radical (unpaired) electrons. The van der Waals surface area contributed by atoms with Crippen LogP contribution in [-0.2, 0) is 34.7 Å². The van der Waals surface area contributed by atoms with Crippen LogP contribution in [0.3, 0.4) is 0 Å². The molecule has 1 amide bonds. The molecule has 11 heteroatoms. The minimum Gasteiger partial charge on any atom is -0.427 e. The summed E-state index contributed by atoms with van der Waals surface area (Å²) in [7, 11) is -0.994. The highest BCUT2D eigenvalue weighted by molar-refractivity contribution is 8.26. The number of carbonyl (C=O) groups is 3. The zero-order chi connectivity index (χ0) is 21.5. The van der Waals surface area contributed by atoms with Gasteiger partial charge >= 0.3 is 11.9 Å². The Hall–Kier alpha value is -1.04. The molecule has 1 N–H and O–H groups in total. The predicted molar refractivity (Wildman–Crippen MR) is 111 cm³/mol. The summed E-state index contributed by atoms with van der Waals surface area (Å²) in [5.41, 5.74) is -0.645. The average Bonchev–Trinajstić information content (AvgIpc) is 3.15. The summed E-state index contributed by atoms with van der Waals surface area (Å²) >= 11 is 2.64. The number of β-lactam (4-membered cyclic amide) rings is 1. The van der Waals surface area contributed by atoms with Crippen molar-refractivity contribution in [2.75, 3.05) is 12.5 Å². The first-order valence-corrected chi connectivity index (χ1v) is 12.5. The predicted octanol–water partition coefficient (Wildman–Crippen LogP) is 1.76. The Morgan fingerprint density at radius 3 is 2.62 bits per heavy atom. The van der Waals surface area contributed by atoms with Crippen molar-refractivity contribution in [3.8, 4) is 0 Å². The lowest BCUT2D eigenvalue weighted by Crippen LogP contribution is -2.60. The van der Waals surface area contributed by atoms with E-state index in [0.717, 1.165) is 12.8 Å². The van der Waals surface area contributed by atoms with Crippen LogP contribution < -0.4 is 0 Å². The van der Waals surface area contributed by atoms with E-state index < -0.39 is 47.0 Å². The van der Waals surface area contributed by atoms with Crippen molar-refractivity contribution in [2.45, 2.75) is 56.6 Å². The molecule has 0 bridgehead atoms. The molecule has 29 heavy (non-hydrogen) atoms. The van der Waals surface area contributed by atoms with E-state index in [1.807, 2.05) is 0 Å². The second-order valence-electron chi connectivity index (χ2n) is 8.13. The molecule has 0 aromatic heterocycles. The van der Waals surface area contributed by atoms with Crippen LogP contribution in [0.2, 0.25) is 0 Å². The molecule has 3 unspecified atom stereocenters. The summed E-state index contributed by atoms with van der Waals surface area (Å²) in [5, 5.41) is 9.51. The number of aliphatic hydroxyl groups is 1. The molecule has 3 heterocycles. The standard InChI is InChI=1S/C18H25NO7S3/c1-9(20)11-13(21)19-12(15(22)25-8-26-17(23)18(2,3)4)16(28-14(11)19)27-10-6-5-7-29(10)24/h9-11,14,20H,5-8H2,1-4H3/t9?,10?,11-,14+,29?/m0/s1. The van der Waals surface area contributed by atoms with Crippen molar-refractivity contribution in [1.82, 2.24) is 4.90 Å². The molecule has 3 aliphatic rings. The Kier molecular flexibility index (Phi) is 6.72. The molecule has 0 spiro atoms. The van der Waals surface area contributed by atoms with Gasteiger partial charge < -0.3 is 14.6 Å². The van der Waals surface area contributed by atoms with Crippen molar-refractivity contribution >= 4 is 52.2 Å². The van der Waals surface area contributed by atoms with Crippen molar-refractivity contribution < 1.29 is 33.2 Å². The number of thioether (sulfide) groups is 2. The third-order valence-corrected chi connectivity index (χ3v) is 9.85. The number of ether oxygens (including phenoxy) is 2. The molecule has 0 aromatic rings. The number of aliphatic hydroxyl groups excluding tert-OH is 1. The maximum absolute atomic E-state index is 12.7. The number of esters is 2. The van der Waals surface area contributed by atoms with Gasteiger partial charge in [0.25, 0.3) is 0 Å². The van der Waals surface area contributed by atoms with Crippen molar-refractivity contribution in [3.63, 3.8) is 0 Å². The first-order chi connectivity index (χ1) is 13.5. The highest BCUT2D eigenvalue weighted by Gasteiger charge is 2.58. The van der Waals surface area contributed by atoms with Gasteiger partial charge in [-0.2, -0.15) is 0 Å². The SMILES string of the molecule is CC(O)[C@H]1C(=O)N2C(C(=O)OCOC(=O)C(C)(C)C)=C(SC3CCCS3=O)S[C@H]12. The number of hydrogen-bond donors (Lipinski definition) is 1. The lowest BCUT2D eigenvalue weighted by atomic mass is 9.92. The molecule has 2 fully saturated rings. The molecule has 0 aliphatic carbocycles. The highest BCUT2D eigenvalue weighted by Crippen LogP contribution is 2.55. The molecule has 2 saturated heterocycles. The highest BCUT2D eigenvalue weighted by atomic mass is 32.2. The summed E-state index contributed by atoms with van der Waals surface area (Å²) in [6, 6.07) is 0. The molecule has 5 atom stereocenters. The summed E-state index contributed by atoms with van der Waals surface area (Å²) in [4.78, 5) is 38.4. The van der Waals surface area contributed by atoms with Crippen molar-refractivity contribution in [2.24, 2.45) is 11.3 Å². The molecule has 3 aliphatic heterocycles. The zero-order valence-electron chi connectivity index (χ0n) is 16.7. The van der Waals surface area contributed by atoms with Crippen LogP contribution in [0.5, 0.6) is 0 Å². The zero-order valence-corrected chi connectivity index (χ0v) is 19.2. The van der Waals surface area contributed by atoms with E-state index in [0.29, 0.717) is 9.99 Å². The average molecular weight is 464 g/mol. The number of amides is 1. The van der Waals surface area contributed by atoms with Crippen molar-refractivity contribution in [1.29, 1.82) is 0 Å². The van der Waals surface area contributed by atoms with Crippen LogP contribution in [0, 0.1) is 11.3 Å². The summed E-state index contributed by atoms with van der Waals surface area (Å²) in [6.07, 6.45) is 0.782. The number of nitrogens with zero attached hydrogens (tertiary/aromatic N) is 1. The van der Waals surface area contributed by atoms with Gasteiger partial charge in [0.1, 0.15) is 5.37 Å². The minimum absolute atomic E-state index is 0.0857. The largest absolute Gasteiger partial charge is 0.427 e. The molecular weight excluding hydrogens is 438 g/mol. The van der Waals surface area contributed by atoms with E-state index in [1.165, 1.54) is 28.4 Å². The van der Waals surface area contributed by atoms with Crippen LogP contribution in [0.25, 0.3) is 0 Å². The monoisotopic (exact) mass is 463 g/mol. The van der Waals surface area contributed by atoms with Gasteiger partial charge in [0, 0.05) is 16.6 Å². The van der Waals surface area contributed by atoms with Gasteiger partial charge in [-0.3, -0.25) is 18.7 Å². The van der Waals surface area contributed by atoms with Gasteiger partial charge in [-0.1, -0.05) is 23.5 Å². The Labute approximate surface area is 180 Å². The first kappa shape index (κ1) is 22.6. The van der Waals surface area contributed by atoms with Crippen LogP contribution in [-0.4, -0.2) is 60.7 Å². The smallest absolute Gasteiger partial charge is 0.359 e. The van der Waals surface area contributed by atoms with Crippen LogP contribution >= 0.6 is 23.5 Å². The van der Waals surface area contributed by atoms with Crippen LogP contribution in [0.4, 0.5) is 0 Å². The molecule has 3 rings (SSSR count). The van der Waals surface area contributed by atoms with Crippen LogP contribution in [0.1, 0.15) is 40.5 Å². The molecule has 162 valence electrons. The van der Waals surface area contributed by atoms with E-state index in [2.05, 4.69) is 0 Å². The van der Waals surface area contributed by atoms with E-state index in [9.17, 15) is 23.7 Å².